The van der Waals surface area contributed by atoms with Gasteiger partial charge in [-0.05, 0) is 6.92 Å². The maximum Gasteiger partial charge on any atom is 0.233 e. The summed E-state index contributed by atoms with van der Waals surface area (Å²) < 4.78 is 0. The summed E-state index contributed by atoms with van der Waals surface area (Å²) in [6.07, 6.45) is 1.73. The van der Waals surface area contributed by atoms with Gasteiger partial charge in [-0.3, -0.25) is 4.79 Å². The molecular weight excluding hydrogens is 240 g/mol. The average molecular weight is 249 g/mol. The van der Waals surface area contributed by atoms with Gasteiger partial charge in [0.15, 0.2) is 0 Å². The van der Waals surface area contributed by atoms with E-state index in [0.29, 0.717) is 6.54 Å². The number of aromatic nitrogens is 1. The average Bonchev–Trinajstić information content (AvgIpc) is 2.51. The number of nitrogens with zero attached hydrogens (tertiary/aromatic N) is 1. The molecule has 5 heteroatoms. The van der Waals surface area contributed by atoms with Gasteiger partial charge in [-0.15, -0.1) is 11.3 Å². The molecule has 1 rings (SSSR count). The maximum absolute atomic E-state index is 11.1. The van der Waals surface area contributed by atoms with E-state index in [1.807, 2.05) is 5.38 Å². The number of halogens is 1. The van der Waals surface area contributed by atoms with Crippen LogP contribution in [0.1, 0.15) is 11.9 Å². The molecule has 0 spiro atoms. The van der Waals surface area contributed by atoms with Crippen molar-refractivity contribution in [3.05, 3.63) is 16.6 Å². The summed E-state index contributed by atoms with van der Waals surface area (Å²) in [5.41, 5.74) is 0. The zero-order chi connectivity index (χ0) is 8.97. The fourth-order valence-corrected chi connectivity index (χ4v) is 1.36. The molecule has 1 heterocycles. The monoisotopic (exact) mass is 248 g/mol. The first-order valence-electron chi connectivity index (χ1n) is 3.50. The predicted octanol–water partition coefficient (Wildman–Crippen LogP) is 1.54. The summed E-state index contributed by atoms with van der Waals surface area (Å²) in [6, 6.07) is 0. The van der Waals surface area contributed by atoms with E-state index < -0.39 is 0 Å². The van der Waals surface area contributed by atoms with Crippen molar-refractivity contribution in [3.8, 4) is 0 Å². The molecule has 1 unspecified atom stereocenters. The van der Waals surface area contributed by atoms with E-state index in [0.717, 1.165) is 5.01 Å². The zero-order valence-corrected chi connectivity index (χ0v) is 8.98. The van der Waals surface area contributed by atoms with Crippen LogP contribution in [-0.2, 0) is 11.3 Å². The lowest BCUT2D eigenvalue weighted by Crippen LogP contribution is -2.28. The molecule has 0 aliphatic rings. The van der Waals surface area contributed by atoms with Gasteiger partial charge in [0, 0.05) is 11.6 Å². The number of carbonyl (C=O) groups is 1. The molecular formula is C7H9BrN2OS. The van der Waals surface area contributed by atoms with Crippen molar-refractivity contribution < 1.29 is 4.79 Å². The second-order valence-corrected chi connectivity index (χ2v) is 4.61. The lowest BCUT2D eigenvalue weighted by Gasteiger charge is -2.03. The van der Waals surface area contributed by atoms with Crippen LogP contribution in [0.3, 0.4) is 0 Å². The van der Waals surface area contributed by atoms with Crippen molar-refractivity contribution in [3.63, 3.8) is 0 Å². The van der Waals surface area contributed by atoms with Crippen molar-refractivity contribution in [2.24, 2.45) is 0 Å². The summed E-state index contributed by atoms with van der Waals surface area (Å²) in [5, 5.41) is 5.56. The van der Waals surface area contributed by atoms with Crippen LogP contribution >= 0.6 is 27.3 Å². The molecule has 0 saturated heterocycles. The smallest absolute Gasteiger partial charge is 0.233 e. The minimum Gasteiger partial charge on any atom is -0.349 e. The van der Waals surface area contributed by atoms with E-state index >= 15 is 0 Å². The quantitative estimate of drug-likeness (QED) is 0.825. The van der Waals surface area contributed by atoms with Gasteiger partial charge in [0.2, 0.25) is 5.91 Å². The molecule has 0 aliphatic heterocycles. The van der Waals surface area contributed by atoms with Gasteiger partial charge in [0.05, 0.1) is 11.4 Å². The van der Waals surface area contributed by atoms with Gasteiger partial charge in [-0.1, -0.05) is 15.9 Å². The number of thiazole rings is 1. The fourth-order valence-electron chi connectivity index (χ4n) is 0.644. The molecule has 0 radical (unpaired) electrons. The SMILES string of the molecule is CC(Br)C(=O)NCc1nccs1. The van der Waals surface area contributed by atoms with Crippen LogP contribution in [0.15, 0.2) is 11.6 Å². The summed E-state index contributed by atoms with van der Waals surface area (Å²) in [4.78, 5) is 15.0. The first kappa shape index (κ1) is 9.67. The van der Waals surface area contributed by atoms with Crippen LogP contribution in [0, 0.1) is 0 Å². The fraction of sp³-hybridized carbons (Fsp3) is 0.429. The van der Waals surface area contributed by atoms with Crippen molar-refractivity contribution >= 4 is 33.2 Å². The van der Waals surface area contributed by atoms with E-state index in [2.05, 4.69) is 26.2 Å². The molecule has 1 N–H and O–H groups in total. The summed E-state index contributed by atoms with van der Waals surface area (Å²) in [5.74, 6) is -0.00907. The molecule has 1 aromatic rings. The zero-order valence-electron chi connectivity index (χ0n) is 6.58. The minimum atomic E-state index is -0.141. The Labute approximate surface area is 83.3 Å². The van der Waals surface area contributed by atoms with Gasteiger partial charge in [0.1, 0.15) is 5.01 Å². The number of hydrogen-bond acceptors (Lipinski definition) is 3. The molecule has 1 aromatic heterocycles. The lowest BCUT2D eigenvalue weighted by molar-refractivity contribution is -0.120. The number of alkyl halides is 1. The Hall–Kier alpha value is -0.420. The highest BCUT2D eigenvalue weighted by atomic mass is 79.9. The Morgan fingerprint density at radius 3 is 3.17 bits per heavy atom. The Bertz CT molecular complexity index is 248. The minimum absolute atomic E-state index is 0.00907. The van der Waals surface area contributed by atoms with E-state index in [4.69, 9.17) is 0 Å². The standard InChI is InChI=1S/C7H9BrN2OS/c1-5(8)7(11)10-4-6-9-2-3-12-6/h2-3,5H,4H2,1H3,(H,10,11). The molecule has 12 heavy (non-hydrogen) atoms. The van der Waals surface area contributed by atoms with Crippen molar-refractivity contribution in [2.75, 3.05) is 0 Å². The normalized spacial score (nSPS) is 12.5. The van der Waals surface area contributed by atoms with Crippen molar-refractivity contribution in [1.29, 1.82) is 0 Å². The van der Waals surface area contributed by atoms with Crippen LogP contribution < -0.4 is 5.32 Å². The Balaban J connectivity index is 2.32. The van der Waals surface area contributed by atoms with Crippen LogP contribution in [0.25, 0.3) is 0 Å². The van der Waals surface area contributed by atoms with Crippen molar-refractivity contribution in [1.82, 2.24) is 10.3 Å². The number of hydrogen-bond donors (Lipinski definition) is 1. The highest BCUT2D eigenvalue weighted by Crippen LogP contribution is 2.03. The molecule has 3 nitrogen and oxygen atoms in total. The van der Waals surface area contributed by atoms with Crippen LogP contribution in [0.4, 0.5) is 0 Å². The molecule has 0 aromatic carbocycles. The largest absolute Gasteiger partial charge is 0.349 e. The van der Waals surface area contributed by atoms with Gasteiger partial charge in [-0.25, -0.2) is 4.98 Å². The van der Waals surface area contributed by atoms with E-state index in [9.17, 15) is 4.79 Å². The molecule has 0 saturated carbocycles. The summed E-state index contributed by atoms with van der Waals surface area (Å²) in [7, 11) is 0. The van der Waals surface area contributed by atoms with Gasteiger partial charge >= 0.3 is 0 Å². The van der Waals surface area contributed by atoms with E-state index in [1.54, 1.807) is 13.1 Å². The van der Waals surface area contributed by atoms with Crippen LogP contribution in [-0.4, -0.2) is 15.7 Å². The number of carbonyl (C=O) groups excluding carboxylic acids is 1. The number of amides is 1. The van der Waals surface area contributed by atoms with E-state index in [1.165, 1.54) is 11.3 Å². The first-order chi connectivity index (χ1) is 5.70. The predicted molar refractivity (Wildman–Crippen MR) is 52.3 cm³/mol. The summed E-state index contributed by atoms with van der Waals surface area (Å²) >= 11 is 4.71. The highest BCUT2D eigenvalue weighted by molar-refractivity contribution is 9.10. The first-order valence-corrected chi connectivity index (χ1v) is 5.30. The molecule has 0 fully saturated rings. The van der Waals surface area contributed by atoms with Crippen LogP contribution in [0.2, 0.25) is 0 Å². The van der Waals surface area contributed by atoms with Gasteiger partial charge in [-0.2, -0.15) is 0 Å². The third-order valence-corrected chi connectivity index (χ3v) is 2.45. The number of nitrogens with one attached hydrogen (secondary N) is 1. The second-order valence-electron chi connectivity index (χ2n) is 2.26. The second kappa shape index (κ2) is 4.57. The Morgan fingerprint density at radius 1 is 1.92 bits per heavy atom. The highest BCUT2D eigenvalue weighted by Gasteiger charge is 2.07. The van der Waals surface area contributed by atoms with Crippen molar-refractivity contribution in [2.45, 2.75) is 18.3 Å². The maximum atomic E-state index is 11.1. The van der Waals surface area contributed by atoms with Crippen LogP contribution in [0.5, 0.6) is 0 Å². The molecule has 1 atom stereocenters. The number of rotatable bonds is 3. The molecule has 1 amide bonds. The summed E-state index contributed by atoms with van der Waals surface area (Å²) in [6.45, 7) is 2.31. The molecule has 0 aliphatic carbocycles. The Kier molecular flexibility index (Phi) is 3.68. The van der Waals surface area contributed by atoms with Gasteiger partial charge in [0.25, 0.3) is 0 Å². The van der Waals surface area contributed by atoms with Gasteiger partial charge < -0.3 is 5.32 Å². The topological polar surface area (TPSA) is 42.0 Å². The lowest BCUT2D eigenvalue weighted by atomic mass is 10.4. The molecule has 66 valence electrons. The Morgan fingerprint density at radius 2 is 2.67 bits per heavy atom. The molecule has 0 bridgehead atoms. The van der Waals surface area contributed by atoms with E-state index in [-0.39, 0.29) is 10.7 Å². The third kappa shape index (κ3) is 2.91. The third-order valence-electron chi connectivity index (χ3n) is 1.26.